The van der Waals surface area contributed by atoms with Gasteiger partial charge in [-0.15, -0.1) is 0 Å². The lowest BCUT2D eigenvalue weighted by Crippen LogP contribution is -2.42. The number of carbonyl (C=O) groups is 1. The normalized spacial score (nSPS) is 14.4. The molecule has 1 N–H and O–H groups in total. The molecule has 2 aromatic carbocycles. The minimum absolute atomic E-state index is 0.155. The van der Waals surface area contributed by atoms with Gasteiger partial charge < -0.3 is 9.47 Å². The number of hydrogen-bond donors (Lipinski definition) is 1. The molecule has 0 aliphatic carbocycles. The molecule has 1 saturated heterocycles. The molecule has 1 heterocycles. The third-order valence-electron chi connectivity index (χ3n) is 4.40. The second kappa shape index (κ2) is 11.4. The van der Waals surface area contributed by atoms with Crippen molar-refractivity contribution in [3.05, 3.63) is 61.1 Å². The summed E-state index contributed by atoms with van der Waals surface area (Å²) >= 11 is 5.72. The highest BCUT2D eigenvalue weighted by Crippen LogP contribution is 2.32. The molecule has 3 rings (SSSR count). The SMILES string of the molecule is N#Cc1ccccc1COc1c(Br)cc(/C=N/NC(=O)CN2CCOCC2)cc1I. The number of rotatable bonds is 7. The number of hydrazone groups is 1. The quantitative estimate of drug-likeness (QED) is 0.308. The fourth-order valence-corrected chi connectivity index (χ4v) is 4.64. The first-order chi connectivity index (χ1) is 14.6. The molecule has 1 aliphatic heterocycles. The van der Waals surface area contributed by atoms with Crippen molar-refractivity contribution in [1.29, 1.82) is 5.26 Å². The Bertz CT molecular complexity index is 948. The van der Waals surface area contributed by atoms with Gasteiger partial charge in [0.25, 0.3) is 5.91 Å². The molecular formula is C21H20BrIN4O3. The number of ether oxygens (including phenoxy) is 2. The monoisotopic (exact) mass is 582 g/mol. The van der Waals surface area contributed by atoms with E-state index in [1.54, 1.807) is 12.3 Å². The molecule has 30 heavy (non-hydrogen) atoms. The van der Waals surface area contributed by atoms with E-state index in [1.807, 2.05) is 35.2 Å². The van der Waals surface area contributed by atoms with Crippen molar-refractivity contribution >= 4 is 50.6 Å². The van der Waals surface area contributed by atoms with Crippen LogP contribution in [0.5, 0.6) is 5.75 Å². The predicted molar refractivity (Wildman–Crippen MR) is 125 cm³/mol. The Morgan fingerprint density at radius 3 is 2.87 bits per heavy atom. The van der Waals surface area contributed by atoms with E-state index in [4.69, 9.17) is 9.47 Å². The predicted octanol–water partition coefficient (Wildman–Crippen LogP) is 3.29. The lowest BCUT2D eigenvalue weighted by molar-refractivity contribution is -0.123. The van der Waals surface area contributed by atoms with E-state index in [9.17, 15) is 10.1 Å². The van der Waals surface area contributed by atoms with Crippen LogP contribution in [0.4, 0.5) is 0 Å². The number of carbonyl (C=O) groups excluding carboxylic acids is 1. The number of amides is 1. The zero-order valence-corrected chi connectivity index (χ0v) is 19.8. The van der Waals surface area contributed by atoms with Crippen LogP contribution < -0.4 is 10.2 Å². The molecule has 0 unspecified atom stereocenters. The van der Waals surface area contributed by atoms with Gasteiger partial charge in [-0.25, -0.2) is 5.43 Å². The van der Waals surface area contributed by atoms with Crippen LogP contribution in [0.3, 0.4) is 0 Å². The Labute approximate surface area is 197 Å². The van der Waals surface area contributed by atoms with E-state index >= 15 is 0 Å². The maximum atomic E-state index is 12.0. The van der Waals surface area contributed by atoms with Crippen molar-refractivity contribution in [2.45, 2.75) is 6.61 Å². The van der Waals surface area contributed by atoms with Gasteiger partial charge in [-0.1, -0.05) is 18.2 Å². The smallest absolute Gasteiger partial charge is 0.254 e. The van der Waals surface area contributed by atoms with Gasteiger partial charge in [-0.2, -0.15) is 10.4 Å². The van der Waals surface area contributed by atoms with Crippen molar-refractivity contribution < 1.29 is 14.3 Å². The van der Waals surface area contributed by atoms with E-state index in [0.29, 0.717) is 37.7 Å². The average Bonchev–Trinajstić information content (AvgIpc) is 2.74. The molecule has 9 heteroatoms. The number of halogens is 2. The van der Waals surface area contributed by atoms with Crippen LogP contribution in [0.1, 0.15) is 16.7 Å². The number of hydrogen-bond acceptors (Lipinski definition) is 6. The second-order valence-electron chi connectivity index (χ2n) is 6.55. The van der Waals surface area contributed by atoms with Crippen molar-refractivity contribution in [3.8, 4) is 11.8 Å². The van der Waals surface area contributed by atoms with Gasteiger partial charge in [0.1, 0.15) is 12.4 Å². The van der Waals surface area contributed by atoms with Crippen LogP contribution in [0, 0.1) is 14.9 Å². The standard InChI is InChI=1S/C21H20BrIN4O3/c22-18-9-15(12-25-26-20(28)13-27-5-7-29-8-6-27)10-19(23)21(18)30-14-17-4-2-1-3-16(17)11-24/h1-4,9-10,12H,5-8,13-14H2,(H,26,28)/b25-12+. The highest BCUT2D eigenvalue weighted by atomic mass is 127. The summed E-state index contributed by atoms with van der Waals surface area (Å²) in [5.74, 6) is 0.537. The van der Waals surface area contributed by atoms with Crippen LogP contribution in [-0.2, 0) is 16.1 Å². The fourth-order valence-electron chi connectivity index (χ4n) is 2.87. The molecule has 1 aliphatic rings. The molecule has 0 atom stereocenters. The Hall–Kier alpha value is -2.00. The largest absolute Gasteiger partial charge is 0.487 e. The first kappa shape index (κ1) is 22.7. The van der Waals surface area contributed by atoms with E-state index < -0.39 is 0 Å². The minimum Gasteiger partial charge on any atom is -0.487 e. The first-order valence-electron chi connectivity index (χ1n) is 9.28. The molecule has 0 saturated carbocycles. The van der Waals surface area contributed by atoms with Gasteiger partial charge in [0.2, 0.25) is 0 Å². The Morgan fingerprint density at radius 1 is 1.37 bits per heavy atom. The van der Waals surface area contributed by atoms with Gasteiger partial charge in [-0.05, 0) is 62.3 Å². The number of nitrogens with one attached hydrogen (secondary N) is 1. The highest BCUT2D eigenvalue weighted by molar-refractivity contribution is 14.1. The highest BCUT2D eigenvalue weighted by Gasteiger charge is 2.14. The molecule has 0 spiro atoms. The summed E-state index contributed by atoms with van der Waals surface area (Å²) in [6.45, 7) is 3.41. The van der Waals surface area contributed by atoms with Crippen molar-refractivity contribution in [1.82, 2.24) is 10.3 Å². The van der Waals surface area contributed by atoms with Gasteiger partial charge in [0, 0.05) is 18.7 Å². The van der Waals surface area contributed by atoms with Gasteiger partial charge in [-0.3, -0.25) is 9.69 Å². The van der Waals surface area contributed by atoms with E-state index in [2.05, 4.69) is 55.1 Å². The zero-order chi connectivity index (χ0) is 21.3. The topological polar surface area (TPSA) is 86.9 Å². The van der Waals surface area contributed by atoms with Crippen LogP contribution >= 0.6 is 38.5 Å². The van der Waals surface area contributed by atoms with Crippen molar-refractivity contribution in [3.63, 3.8) is 0 Å². The fraction of sp³-hybridized carbons (Fsp3) is 0.286. The third-order valence-corrected chi connectivity index (χ3v) is 5.79. The number of nitrogens with zero attached hydrogens (tertiary/aromatic N) is 3. The van der Waals surface area contributed by atoms with E-state index in [1.165, 1.54) is 0 Å². The summed E-state index contributed by atoms with van der Waals surface area (Å²) in [4.78, 5) is 14.0. The molecule has 156 valence electrons. The molecule has 2 aromatic rings. The summed E-state index contributed by atoms with van der Waals surface area (Å²) in [5, 5.41) is 13.3. The Balaban J connectivity index is 1.58. The summed E-state index contributed by atoms with van der Waals surface area (Å²) in [5.41, 5.74) is 4.81. The maximum Gasteiger partial charge on any atom is 0.254 e. The average molecular weight is 583 g/mol. The van der Waals surface area contributed by atoms with Gasteiger partial charge in [0.05, 0.1) is 45.6 Å². The Morgan fingerprint density at radius 2 is 2.13 bits per heavy atom. The Kier molecular flexibility index (Phi) is 8.62. The van der Waals surface area contributed by atoms with Gasteiger partial charge in [0.15, 0.2) is 0 Å². The van der Waals surface area contributed by atoms with Crippen LogP contribution in [0.25, 0.3) is 0 Å². The lowest BCUT2D eigenvalue weighted by Gasteiger charge is -2.25. The summed E-state index contributed by atoms with van der Waals surface area (Å²) in [6, 6.07) is 13.3. The van der Waals surface area contributed by atoms with Gasteiger partial charge >= 0.3 is 0 Å². The van der Waals surface area contributed by atoms with Crippen molar-refractivity contribution in [2.75, 3.05) is 32.8 Å². The van der Waals surface area contributed by atoms with Crippen LogP contribution in [-0.4, -0.2) is 49.9 Å². The summed E-state index contributed by atoms with van der Waals surface area (Å²) in [7, 11) is 0. The van der Waals surface area contributed by atoms with E-state index in [0.717, 1.165) is 32.3 Å². The number of morpholine rings is 1. The molecule has 0 aromatic heterocycles. The zero-order valence-electron chi connectivity index (χ0n) is 16.1. The number of benzene rings is 2. The molecule has 1 amide bonds. The summed E-state index contributed by atoms with van der Waals surface area (Å²) in [6.07, 6.45) is 1.60. The molecule has 1 fully saturated rings. The summed E-state index contributed by atoms with van der Waals surface area (Å²) < 4.78 is 12.9. The third kappa shape index (κ3) is 6.50. The van der Waals surface area contributed by atoms with Crippen molar-refractivity contribution in [2.24, 2.45) is 5.10 Å². The second-order valence-corrected chi connectivity index (χ2v) is 8.57. The molecular weight excluding hydrogens is 563 g/mol. The first-order valence-corrected chi connectivity index (χ1v) is 11.2. The van der Waals surface area contributed by atoms with E-state index in [-0.39, 0.29) is 5.91 Å². The maximum absolute atomic E-state index is 12.0. The molecule has 0 radical (unpaired) electrons. The molecule has 7 nitrogen and oxygen atoms in total. The van der Waals surface area contributed by atoms with Crippen LogP contribution in [0.15, 0.2) is 46.0 Å². The minimum atomic E-state index is -0.155. The van der Waals surface area contributed by atoms with Crippen LogP contribution in [0.2, 0.25) is 0 Å². The number of nitriles is 1. The molecule has 0 bridgehead atoms. The lowest BCUT2D eigenvalue weighted by atomic mass is 10.1.